The van der Waals surface area contributed by atoms with Crippen molar-refractivity contribution < 1.29 is 0 Å². The highest BCUT2D eigenvalue weighted by Gasteiger charge is 2.23. The van der Waals surface area contributed by atoms with Crippen LogP contribution in [0.2, 0.25) is 6.04 Å². The van der Waals surface area contributed by atoms with E-state index in [4.69, 9.17) is 33.2 Å². The van der Waals surface area contributed by atoms with Crippen molar-refractivity contribution in [1.29, 1.82) is 0 Å². The summed E-state index contributed by atoms with van der Waals surface area (Å²) in [5.41, 5.74) is 0. The minimum atomic E-state index is -2.35. The van der Waals surface area contributed by atoms with Crippen LogP contribution in [0, 0.1) is 0 Å². The van der Waals surface area contributed by atoms with Gasteiger partial charge in [0.1, 0.15) is 0 Å². The van der Waals surface area contributed by atoms with Gasteiger partial charge in [-0.25, -0.2) is 0 Å². The van der Waals surface area contributed by atoms with E-state index in [1.165, 1.54) is 96.3 Å². The molecule has 0 amide bonds. The third-order valence-electron chi connectivity index (χ3n) is 4.31. The fourth-order valence-electron chi connectivity index (χ4n) is 2.87. The SMILES string of the molecule is CCCCCCCCCCCCCCCCCC[Si](Cl)(Cl)Cl.[SiH4]. The fourth-order valence-corrected chi connectivity index (χ4v) is 4.73. The molecule has 0 nitrogen and oxygen atoms in total. The van der Waals surface area contributed by atoms with Crippen molar-refractivity contribution in [2.75, 3.05) is 0 Å². The maximum Gasteiger partial charge on any atom is 0.341 e. The minimum absolute atomic E-state index is 0. The van der Waals surface area contributed by atoms with E-state index in [0.717, 1.165) is 12.5 Å². The zero-order valence-electron chi connectivity index (χ0n) is 14.7. The molecule has 5 heteroatoms. The van der Waals surface area contributed by atoms with Gasteiger partial charge in [0.2, 0.25) is 0 Å². The first kappa shape index (κ1) is 26.5. The first-order chi connectivity index (χ1) is 10.6. The Balaban J connectivity index is 0. The van der Waals surface area contributed by atoms with E-state index in [1.807, 2.05) is 0 Å². The molecule has 0 radical (unpaired) electrons. The zero-order chi connectivity index (χ0) is 16.5. The average molecular weight is 420 g/mol. The lowest BCUT2D eigenvalue weighted by atomic mass is 10.0. The van der Waals surface area contributed by atoms with Crippen molar-refractivity contribution in [3.63, 3.8) is 0 Å². The first-order valence-electron chi connectivity index (χ1n) is 9.63. The molecule has 0 aromatic carbocycles. The molecular weight excluding hydrogens is 379 g/mol. The lowest BCUT2D eigenvalue weighted by Gasteiger charge is -2.07. The molecule has 0 aromatic heterocycles. The molecule has 0 N–H and O–H groups in total. The van der Waals surface area contributed by atoms with Gasteiger partial charge < -0.3 is 0 Å². The van der Waals surface area contributed by atoms with E-state index < -0.39 is 6.00 Å². The molecule has 0 rings (SSSR count). The Hall–Kier alpha value is 1.30. The van der Waals surface area contributed by atoms with Gasteiger partial charge in [-0.3, -0.25) is 0 Å². The van der Waals surface area contributed by atoms with Crippen molar-refractivity contribution >= 4 is 50.2 Å². The molecule has 23 heavy (non-hydrogen) atoms. The Kier molecular flexibility index (Phi) is 22.6. The summed E-state index contributed by atoms with van der Waals surface area (Å²) in [6, 6.07) is -1.52. The predicted molar refractivity (Wildman–Crippen MR) is 119 cm³/mol. The maximum atomic E-state index is 5.87. The van der Waals surface area contributed by atoms with Gasteiger partial charge in [-0.05, 0) is 17.0 Å². The van der Waals surface area contributed by atoms with Crippen LogP contribution in [-0.4, -0.2) is 17.0 Å². The van der Waals surface area contributed by atoms with Crippen LogP contribution in [0.1, 0.15) is 110 Å². The number of hydrogen-bond acceptors (Lipinski definition) is 0. The van der Waals surface area contributed by atoms with Gasteiger partial charge in [0, 0.05) is 0 Å². The van der Waals surface area contributed by atoms with Gasteiger partial charge in [0.25, 0.3) is 0 Å². The summed E-state index contributed by atoms with van der Waals surface area (Å²) in [4.78, 5) is 0. The van der Waals surface area contributed by atoms with Crippen LogP contribution in [-0.2, 0) is 0 Å². The highest BCUT2D eigenvalue weighted by atomic mass is 35.8. The number of unbranched alkanes of at least 4 members (excludes halogenated alkanes) is 15. The molecule has 0 aromatic rings. The zero-order valence-corrected chi connectivity index (χ0v) is 17.9. The molecule has 0 unspecified atom stereocenters. The Morgan fingerprint density at radius 1 is 0.478 bits per heavy atom. The Morgan fingerprint density at radius 3 is 1.00 bits per heavy atom. The quantitative estimate of drug-likeness (QED) is 0.130. The summed E-state index contributed by atoms with van der Waals surface area (Å²) in [5.74, 6) is 0. The van der Waals surface area contributed by atoms with Crippen molar-refractivity contribution in [2.24, 2.45) is 0 Å². The summed E-state index contributed by atoms with van der Waals surface area (Å²) in [6.07, 6.45) is 22.2. The smallest absolute Gasteiger partial charge is 0.126 e. The van der Waals surface area contributed by atoms with E-state index in [2.05, 4.69) is 6.92 Å². The second kappa shape index (κ2) is 19.6. The van der Waals surface area contributed by atoms with Gasteiger partial charge >= 0.3 is 6.00 Å². The van der Waals surface area contributed by atoms with E-state index >= 15 is 0 Å². The Morgan fingerprint density at radius 2 is 0.739 bits per heavy atom. The number of halogens is 3. The van der Waals surface area contributed by atoms with E-state index in [0.29, 0.717) is 0 Å². The van der Waals surface area contributed by atoms with E-state index in [-0.39, 0.29) is 11.0 Å². The van der Waals surface area contributed by atoms with Gasteiger partial charge in [0.15, 0.2) is 0 Å². The molecule has 0 spiro atoms. The lowest BCUT2D eigenvalue weighted by molar-refractivity contribution is 0.531. The monoisotopic (exact) mass is 418 g/mol. The molecule has 0 saturated carbocycles. The van der Waals surface area contributed by atoms with Crippen LogP contribution in [0.3, 0.4) is 0 Å². The highest BCUT2D eigenvalue weighted by molar-refractivity contribution is 7.64. The standard InChI is InChI=1S/C18H37Cl3Si.H4Si/c1-2-3-4-5-6-7-8-9-10-11-12-13-14-15-16-17-18-22(19,20)21;/h2-18H2,1H3;1H4. The molecule has 0 aliphatic rings. The number of rotatable bonds is 17. The van der Waals surface area contributed by atoms with Gasteiger partial charge in [-0.2, -0.15) is 0 Å². The summed E-state index contributed by atoms with van der Waals surface area (Å²) in [7, 11) is 0. The summed E-state index contributed by atoms with van der Waals surface area (Å²) < 4.78 is 0. The van der Waals surface area contributed by atoms with Crippen molar-refractivity contribution in [3.05, 3.63) is 0 Å². The van der Waals surface area contributed by atoms with Crippen LogP contribution < -0.4 is 0 Å². The molecule has 0 fully saturated rings. The van der Waals surface area contributed by atoms with E-state index in [9.17, 15) is 0 Å². The molecule has 0 aliphatic heterocycles. The topological polar surface area (TPSA) is 0 Å². The molecule has 0 aliphatic carbocycles. The molecule has 0 bridgehead atoms. The van der Waals surface area contributed by atoms with Crippen LogP contribution in [0.5, 0.6) is 0 Å². The van der Waals surface area contributed by atoms with Crippen LogP contribution in [0.15, 0.2) is 0 Å². The lowest BCUT2D eigenvalue weighted by Crippen LogP contribution is -2.07. The van der Waals surface area contributed by atoms with Gasteiger partial charge in [-0.15, -0.1) is 33.2 Å². The summed E-state index contributed by atoms with van der Waals surface area (Å²) in [5, 5.41) is 0. The van der Waals surface area contributed by atoms with Crippen LogP contribution in [0.25, 0.3) is 0 Å². The average Bonchev–Trinajstić information content (AvgIpc) is 2.45. The summed E-state index contributed by atoms with van der Waals surface area (Å²) in [6.45, 7) is 2.28. The largest absolute Gasteiger partial charge is 0.341 e. The Bertz CT molecular complexity index is 221. The Labute approximate surface area is 165 Å². The third-order valence-corrected chi connectivity index (χ3v) is 6.94. The van der Waals surface area contributed by atoms with Crippen LogP contribution in [0.4, 0.5) is 0 Å². The summed E-state index contributed by atoms with van der Waals surface area (Å²) >= 11 is 17.6. The maximum absolute atomic E-state index is 5.87. The van der Waals surface area contributed by atoms with Crippen LogP contribution >= 0.6 is 33.2 Å². The molecule has 142 valence electrons. The van der Waals surface area contributed by atoms with Gasteiger partial charge in [-0.1, -0.05) is 110 Å². The van der Waals surface area contributed by atoms with Crippen molar-refractivity contribution in [3.8, 4) is 0 Å². The predicted octanol–water partition coefficient (Wildman–Crippen LogP) is 7.45. The molecule has 0 heterocycles. The minimum Gasteiger partial charge on any atom is -0.126 e. The second-order valence-corrected chi connectivity index (χ2v) is 15.9. The molecule has 0 saturated heterocycles. The first-order valence-corrected chi connectivity index (χ1v) is 14.9. The third kappa shape index (κ3) is 25.7. The second-order valence-electron chi connectivity index (χ2n) is 6.67. The van der Waals surface area contributed by atoms with Crippen molar-refractivity contribution in [2.45, 2.75) is 116 Å². The van der Waals surface area contributed by atoms with Gasteiger partial charge in [0.05, 0.1) is 0 Å². The molecule has 0 atom stereocenters. The number of hydrogen-bond donors (Lipinski definition) is 0. The normalized spacial score (nSPS) is 11.5. The van der Waals surface area contributed by atoms with E-state index in [1.54, 1.807) is 0 Å². The van der Waals surface area contributed by atoms with Crippen molar-refractivity contribution in [1.82, 2.24) is 0 Å². The highest BCUT2D eigenvalue weighted by Crippen LogP contribution is 2.27. The fraction of sp³-hybridized carbons (Fsp3) is 1.00. The molecular formula is C18H41Cl3Si2.